The van der Waals surface area contributed by atoms with Crippen LogP contribution < -0.4 is 0 Å². The van der Waals surface area contributed by atoms with Crippen LogP contribution >= 0.6 is 0 Å². The molecular weight excluding hydrogens is 360 g/mol. The second kappa shape index (κ2) is 5.85. The van der Waals surface area contributed by atoms with Gasteiger partial charge in [0.1, 0.15) is 11.5 Å². The number of aromatic hydroxyl groups is 2. The molecule has 0 aromatic heterocycles. The SMILES string of the molecule is CC1=CC(=O)c2c(ccc(-c3c(C)cc(O)c4c3C(=O)C=CC4=O)c2O)C1=O. The Labute approximate surface area is 159 Å². The fourth-order valence-electron chi connectivity index (χ4n) is 3.74. The van der Waals surface area contributed by atoms with Gasteiger partial charge in [-0.1, -0.05) is 0 Å². The third-order valence-electron chi connectivity index (χ3n) is 5.03. The minimum absolute atomic E-state index is 0.0402. The van der Waals surface area contributed by atoms with Gasteiger partial charge in [-0.05, 0) is 55.8 Å². The van der Waals surface area contributed by atoms with Gasteiger partial charge >= 0.3 is 0 Å². The normalized spacial score (nSPS) is 15.4. The van der Waals surface area contributed by atoms with Crippen LogP contribution in [0.4, 0.5) is 0 Å². The zero-order valence-electron chi connectivity index (χ0n) is 15.0. The molecule has 0 radical (unpaired) electrons. The molecular formula is C22H14O6. The standard InChI is InChI=1S/C22H14O6/c1-9-7-16(26)19-13(23)5-6-14(24)20(19)17(9)11-3-4-12-18(22(11)28)15(25)8-10(2)21(12)27/h3-8,26,28H,1-2H3. The summed E-state index contributed by atoms with van der Waals surface area (Å²) in [5, 5.41) is 21.0. The number of hydrogen-bond acceptors (Lipinski definition) is 6. The number of phenols is 2. The lowest BCUT2D eigenvalue weighted by Crippen LogP contribution is -2.17. The monoisotopic (exact) mass is 374 g/mol. The fraction of sp³-hybridized carbons (Fsp3) is 0.0909. The molecule has 0 aliphatic heterocycles. The molecule has 0 fully saturated rings. The number of rotatable bonds is 1. The Kier molecular flexibility index (Phi) is 3.68. The number of aryl methyl sites for hydroxylation is 1. The van der Waals surface area contributed by atoms with Crippen LogP contribution in [0, 0.1) is 6.92 Å². The predicted octanol–water partition coefficient (Wildman–Crippen LogP) is 3.33. The van der Waals surface area contributed by atoms with Crippen LogP contribution in [0.25, 0.3) is 11.1 Å². The van der Waals surface area contributed by atoms with Crippen LogP contribution in [0.3, 0.4) is 0 Å². The summed E-state index contributed by atoms with van der Waals surface area (Å²) in [7, 11) is 0. The fourth-order valence-corrected chi connectivity index (χ4v) is 3.74. The number of carbonyl (C=O) groups is 4. The molecule has 2 N–H and O–H groups in total. The summed E-state index contributed by atoms with van der Waals surface area (Å²) >= 11 is 0. The third-order valence-corrected chi connectivity index (χ3v) is 5.03. The van der Waals surface area contributed by atoms with E-state index in [0.717, 1.165) is 18.2 Å². The maximum Gasteiger partial charge on any atom is 0.190 e. The Hall–Kier alpha value is -3.80. The molecule has 2 aromatic carbocycles. The maximum atomic E-state index is 12.5. The van der Waals surface area contributed by atoms with Crippen LogP contribution in [0.2, 0.25) is 0 Å². The van der Waals surface area contributed by atoms with Gasteiger partial charge in [-0.25, -0.2) is 0 Å². The van der Waals surface area contributed by atoms with Crippen molar-refractivity contribution in [3.05, 3.63) is 69.8 Å². The van der Waals surface area contributed by atoms with Crippen molar-refractivity contribution >= 4 is 23.1 Å². The van der Waals surface area contributed by atoms with E-state index in [-0.39, 0.29) is 50.5 Å². The van der Waals surface area contributed by atoms with Crippen LogP contribution in [0.5, 0.6) is 11.5 Å². The van der Waals surface area contributed by atoms with Gasteiger partial charge in [-0.3, -0.25) is 19.2 Å². The first-order valence-corrected chi connectivity index (χ1v) is 8.49. The van der Waals surface area contributed by atoms with Crippen molar-refractivity contribution in [3.8, 4) is 22.6 Å². The lowest BCUT2D eigenvalue weighted by Gasteiger charge is -2.21. The Balaban J connectivity index is 2.07. The topological polar surface area (TPSA) is 109 Å². The predicted molar refractivity (Wildman–Crippen MR) is 100 cm³/mol. The summed E-state index contributed by atoms with van der Waals surface area (Å²) in [5.41, 5.74) is 0.835. The first-order chi connectivity index (χ1) is 13.2. The van der Waals surface area contributed by atoms with Crippen molar-refractivity contribution < 1.29 is 29.4 Å². The molecule has 0 unspecified atom stereocenters. The van der Waals surface area contributed by atoms with Gasteiger partial charge in [0.2, 0.25) is 0 Å². The quantitative estimate of drug-likeness (QED) is 0.792. The summed E-state index contributed by atoms with van der Waals surface area (Å²) in [5.74, 6) is -2.68. The molecule has 0 saturated heterocycles. The minimum atomic E-state index is -0.532. The van der Waals surface area contributed by atoms with Crippen LogP contribution in [0.15, 0.2) is 42.0 Å². The van der Waals surface area contributed by atoms with E-state index in [1.165, 1.54) is 25.1 Å². The number of benzene rings is 2. The highest BCUT2D eigenvalue weighted by Gasteiger charge is 2.32. The zero-order chi connectivity index (χ0) is 20.3. The van der Waals surface area contributed by atoms with Gasteiger partial charge in [0.05, 0.1) is 11.1 Å². The van der Waals surface area contributed by atoms with E-state index in [2.05, 4.69) is 0 Å². The van der Waals surface area contributed by atoms with Crippen molar-refractivity contribution in [3.63, 3.8) is 0 Å². The zero-order valence-corrected chi connectivity index (χ0v) is 15.0. The van der Waals surface area contributed by atoms with Gasteiger partial charge in [0, 0.05) is 27.8 Å². The van der Waals surface area contributed by atoms with Crippen molar-refractivity contribution in [1.82, 2.24) is 0 Å². The van der Waals surface area contributed by atoms with E-state index in [0.29, 0.717) is 5.56 Å². The van der Waals surface area contributed by atoms with Crippen molar-refractivity contribution in [1.29, 1.82) is 0 Å². The first-order valence-electron chi connectivity index (χ1n) is 8.49. The molecule has 2 aliphatic carbocycles. The Morgan fingerprint density at radius 2 is 1.32 bits per heavy atom. The summed E-state index contributed by atoms with van der Waals surface area (Å²) in [6, 6.07) is 4.19. The van der Waals surface area contributed by atoms with Crippen LogP contribution in [-0.2, 0) is 0 Å². The highest BCUT2D eigenvalue weighted by atomic mass is 16.3. The van der Waals surface area contributed by atoms with E-state index in [1.54, 1.807) is 6.92 Å². The second-order valence-corrected chi connectivity index (χ2v) is 6.80. The van der Waals surface area contributed by atoms with Crippen molar-refractivity contribution in [2.24, 2.45) is 0 Å². The molecule has 0 heterocycles. The van der Waals surface area contributed by atoms with Gasteiger partial charge in [-0.2, -0.15) is 0 Å². The van der Waals surface area contributed by atoms with E-state index in [1.807, 2.05) is 0 Å². The van der Waals surface area contributed by atoms with E-state index < -0.39 is 23.1 Å². The average Bonchev–Trinajstić information content (AvgIpc) is 2.63. The summed E-state index contributed by atoms with van der Waals surface area (Å²) in [4.78, 5) is 49.5. The van der Waals surface area contributed by atoms with Crippen molar-refractivity contribution in [2.75, 3.05) is 0 Å². The second-order valence-electron chi connectivity index (χ2n) is 6.80. The van der Waals surface area contributed by atoms with E-state index >= 15 is 0 Å². The molecule has 0 atom stereocenters. The molecule has 138 valence electrons. The number of carbonyl (C=O) groups excluding carboxylic acids is 4. The average molecular weight is 374 g/mol. The molecule has 2 aliphatic rings. The summed E-state index contributed by atoms with van der Waals surface area (Å²) < 4.78 is 0. The van der Waals surface area contributed by atoms with Crippen LogP contribution in [-0.4, -0.2) is 33.3 Å². The molecule has 6 heteroatoms. The first kappa shape index (κ1) is 17.6. The summed E-state index contributed by atoms with van der Waals surface area (Å²) in [6.45, 7) is 3.13. The number of phenolic OH excluding ortho intramolecular Hbond substituents is 2. The molecule has 0 spiro atoms. The van der Waals surface area contributed by atoms with Gasteiger partial charge < -0.3 is 10.2 Å². The van der Waals surface area contributed by atoms with E-state index in [9.17, 15) is 29.4 Å². The summed E-state index contributed by atoms with van der Waals surface area (Å²) in [6.07, 6.45) is 3.33. The molecule has 0 saturated carbocycles. The number of allylic oxidation sites excluding steroid dienone is 4. The molecule has 2 aromatic rings. The molecule has 28 heavy (non-hydrogen) atoms. The Bertz CT molecular complexity index is 1210. The van der Waals surface area contributed by atoms with Crippen LogP contribution in [0.1, 0.15) is 53.9 Å². The Morgan fingerprint density at radius 3 is 2.00 bits per heavy atom. The number of hydrogen-bond donors (Lipinski definition) is 2. The molecule has 0 bridgehead atoms. The molecule has 0 amide bonds. The third kappa shape index (κ3) is 2.28. The molecule has 4 rings (SSSR count). The van der Waals surface area contributed by atoms with Gasteiger partial charge in [-0.15, -0.1) is 0 Å². The number of ketones is 4. The van der Waals surface area contributed by atoms with Gasteiger partial charge in [0.15, 0.2) is 23.1 Å². The highest BCUT2D eigenvalue weighted by Crippen LogP contribution is 2.43. The Morgan fingerprint density at radius 1 is 0.714 bits per heavy atom. The smallest absolute Gasteiger partial charge is 0.190 e. The number of Topliss-reactive ketones (excluding diaryl/α,β-unsaturated/α-hetero) is 1. The van der Waals surface area contributed by atoms with Gasteiger partial charge in [0.25, 0.3) is 0 Å². The van der Waals surface area contributed by atoms with E-state index in [4.69, 9.17) is 0 Å². The lowest BCUT2D eigenvalue weighted by atomic mass is 9.81. The number of fused-ring (bicyclic) bond motifs is 2. The molecule has 6 nitrogen and oxygen atoms in total. The highest BCUT2D eigenvalue weighted by molar-refractivity contribution is 6.28. The largest absolute Gasteiger partial charge is 0.507 e. The lowest BCUT2D eigenvalue weighted by molar-refractivity contribution is 0.0982. The van der Waals surface area contributed by atoms with Crippen molar-refractivity contribution in [2.45, 2.75) is 13.8 Å². The minimum Gasteiger partial charge on any atom is -0.507 e. The maximum absolute atomic E-state index is 12.5.